The number of methoxy groups -OCH3 is 1. The van der Waals surface area contributed by atoms with E-state index in [1.807, 2.05) is 20.8 Å². The van der Waals surface area contributed by atoms with Crippen molar-refractivity contribution < 1.29 is 19.2 Å². The quantitative estimate of drug-likeness (QED) is 0.523. The molecule has 8 nitrogen and oxygen atoms in total. The maximum absolute atomic E-state index is 12.3. The van der Waals surface area contributed by atoms with Crippen LogP contribution in [-0.4, -0.2) is 54.3 Å². The molecule has 27 heavy (non-hydrogen) atoms. The fourth-order valence-electron chi connectivity index (χ4n) is 3.69. The monoisotopic (exact) mass is 441 g/mol. The second-order valence-corrected chi connectivity index (χ2v) is 8.78. The number of nitrogens with zero attached hydrogens (tertiary/aromatic N) is 3. The predicted octanol–water partition coefficient (Wildman–Crippen LogP) is 3.81. The number of anilines is 1. The van der Waals surface area contributed by atoms with Gasteiger partial charge < -0.3 is 19.3 Å². The van der Waals surface area contributed by atoms with Crippen LogP contribution in [0.25, 0.3) is 0 Å². The highest BCUT2D eigenvalue weighted by atomic mass is 79.9. The molecular formula is C18H24BrN3O5. The van der Waals surface area contributed by atoms with Crippen LogP contribution in [0.15, 0.2) is 16.6 Å². The number of hydrogen-bond donors (Lipinski definition) is 0. The summed E-state index contributed by atoms with van der Waals surface area (Å²) in [6, 6.07) is 3.37. The standard InChI is InChI=1S/C18H24BrN3O5/c1-18(2,3)27-17(23)21-10-11-9-20(6-5-13(11)21)14-8-16(26-4)15(22(24)25)7-12(14)19/h7-8,11,13H,5-6,9-10H2,1-4H3. The molecule has 0 bridgehead atoms. The van der Waals surface area contributed by atoms with Crippen molar-refractivity contribution in [3.05, 3.63) is 26.7 Å². The van der Waals surface area contributed by atoms with Crippen LogP contribution in [0.5, 0.6) is 5.75 Å². The van der Waals surface area contributed by atoms with Gasteiger partial charge in [0.2, 0.25) is 0 Å². The minimum Gasteiger partial charge on any atom is -0.490 e. The number of carbonyl (C=O) groups is 1. The molecule has 2 saturated heterocycles. The molecule has 2 aliphatic rings. The molecule has 2 fully saturated rings. The van der Waals surface area contributed by atoms with E-state index in [-0.39, 0.29) is 23.6 Å². The Labute approximate surface area is 166 Å². The number of benzene rings is 1. The molecule has 2 heterocycles. The molecule has 0 radical (unpaired) electrons. The third-order valence-electron chi connectivity index (χ3n) is 4.94. The maximum Gasteiger partial charge on any atom is 0.410 e. The Morgan fingerprint density at radius 1 is 1.33 bits per heavy atom. The molecule has 0 aliphatic carbocycles. The highest BCUT2D eigenvalue weighted by molar-refractivity contribution is 9.10. The van der Waals surface area contributed by atoms with Crippen molar-refractivity contribution in [2.24, 2.45) is 5.92 Å². The fourth-order valence-corrected chi connectivity index (χ4v) is 4.27. The summed E-state index contributed by atoms with van der Waals surface area (Å²) in [5.74, 6) is 0.601. The van der Waals surface area contributed by atoms with Gasteiger partial charge in [0, 0.05) is 48.2 Å². The van der Waals surface area contributed by atoms with Crippen molar-refractivity contribution in [2.75, 3.05) is 31.6 Å². The fraction of sp³-hybridized carbons (Fsp3) is 0.611. The van der Waals surface area contributed by atoms with Crippen LogP contribution in [0, 0.1) is 16.0 Å². The molecule has 2 aliphatic heterocycles. The first kappa shape index (κ1) is 19.7. The Morgan fingerprint density at radius 3 is 2.59 bits per heavy atom. The van der Waals surface area contributed by atoms with Gasteiger partial charge in [-0.15, -0.1) is 0 Å². The van der Waals surface area contributed by atoms with Crippen molar-refractivity contribution in [3.8, 4) is 5.75 Å². The average molecular weight is 442 g/mol. The number of likely N-dealkylation sites (tertiary alicyclic amines) is 1. The third kappa shape index (κ3) is 3.97. The summed E-state index contributed by atoms with van der Waals surface area (Å²) in [5.41, 5.74) is 0.303. The number of nitro benzene ring substituents is 1. The van der Waals surface area contributed by atoms with Gasteiger partial charge in [-0.3, -0.25) is 10.1 Å². The first-order chi connectivity index (χ1) is 12.6. The van der Waals surface area contributed by atoms with E-state index < -0.39 is 10.5 Å². The number of fused-ring (bicyclic) bond motifs is 1. The van der Waals surface area contributed by atoms with Crippen LogP contribution >= 0.6 is 15.9 Å². The van der Waals surface area contributed by atoms with Gasteiger partial charge in [0.25, 0.3) is 0 Å². The molecule has 3 rings (SSSR count). The Morgan fingerprint density at radius 2 is 2.04 bits per heavy atom. The smallest absolute Gasteiger partial charge is 0.410 e. The van der Waals surface area contributed by atoms with Gasteiger partial charge in [-0.2, -0.15) is 0 Å². The van der Waals surface area contributed by atoms with Gasteiger partial charge in [-0.1, -0.05) is 0 Å². The molecule has 0 aromatic heterocycles. The van der Waals surface area contributed by atoms with Crippen molar-refractivity contribution >= 4 is 33.4 Å². The van der Waals surface area contributed by atoms with Crippen LogP contribution in [-0.2, 0) is 4.74 Å². The first-order valence-corrected chi connectivity index (χ1v) is 9.66. The summed E-state index contributed by atoms with van der Waals surface area (Å²) >= 11 is 3.45. The number of ether oxygens (including phenoxy) is 2. The zero-order valence-corrected chi connectivity index (χ0v) is 17.5. The molecule has 2 unspecified atom stereocenters. The molecular weight excluding hydrogens is 418 g/mol. The normalized spacial score (nSPS) is 22.0. The summed E-state index contributed by atoms with van der Waals surface area (Å²) in [7, 11) is 1.43. The zero-order valence-electron chi connectivity index (χ0n) is 15.9. The lowest BCUT2D eigenvalue weighted by Crippen LogP contribution is -2.65. The first-order valence-electron chi connectivity index (χ1n) is 8.87. The van der Waals surface area contributed by atoms with Gasteiger partial charge in [-0.05, 0) is 43.1 Å². The molecule has 1 aromatic rings. The molecule has 1 aromatic carbocycles. The number of halogens is 1. The van der Waals surface area contributed by atoms with Crippen LogP contribution in [0.1, 0.15) is 27.2 Å². The summed E-state index contributed by atoms with van der Waals surface area (Å²) in [6.07, 6.45) is 0.575. The minimum atomic E-state index is -0.497. The zero-order chi connectivity index (χ0) is 19.9. The maximum atomic E-state index is 12.3. The van der Waals surface area contributed by atoms with E-state index >= 15 is 0 Å². The second kappa shape index (κ2) is 7.18. The van der Waals surface area contributed by atoms with Crippen molar-refractivity contribution in [2.45, 2.75) is 38.8 Å². The Hall–Kier alpha value is -2.03. The van der Waals surface area contributed by atoms with E-state index in [1.165, 1.54) is 13.2 Å². The second-order valence-electron chi connectivity index (χ2n) is 7.93. The molecule has 0 spiro atoms. The van der Waals surface area contributed by atoms with E-state index in [4.69, 9.17) is 9.47 Å². The van der Waals surface area contributed by atoms with Crippen LogP contribution in [0.3, 0.4) is 0 Å². The molecule has 2 atom stereocenters. The summed E-state index contributed by atoms with van der Waals surface area (Å²) < 4.78 is 11.3. The van der Waals surface area contributed by atoms with Crippen LogP contribution in [0.4, 0.5) is 16.2 Å². The van der Waals surface area contributed by atoms with Crippen LogP contribution in [0.2, 0.25) is 0 Å². The number of hydrogen-bond acceptors (Lipinski definition) is 6. The van der Waals surface area contributed by atoms with E-state index in [1.54, 1.807) is 11.0 Å². The predicted molar refractivity (Wildman–Crippen MR) is 104 cm³/mol. The SMILES string of the molecule is COc1cc(N2CCC3C(C2)CN3C(=O)OC(C)(C)C)c(Br)cc1[N+](=O)[O-]. The van der Waals surface area contributed by atoms with Gasteiger partial charge in [-0.25, -0.2) is 4.79 Å². The van der Waals surface area contributed by atoms with Gasteiger partial charge in [0.05, 0.1) is 17.7 Å². The summed E-state index contributed by atoms with van der Waals surface area (Å²) in [5, 5.41) is 11.2. The van der Waals surface area contributed by atoms with Crippen LogP contribution < -0.4 is 9.64 Å². The molecule has 0 N–H and O–H groups in total. The highest BCUT2D eigenvalue weighted by Gasteiger charge is 2.46. The van der Waals surface area contributed by atoms with Crippen molar-refractivity contribution in [1.82, 2.24) is 4.90 Å². The number of nitro groups is 1. The van der Waals surface area contributed by atoms with E-state index in [2.05, 4.69) is 20.8 Å². The average Bonchev–Trinajstić information content (AvgIpc) is 2.54. The summed E-state index contributed by atoms with van der Waals surface area (Å²) in [4.78, 5) is 27.0. The largest absolute Gasteiger partial charge is 0.490 e. The number of amides is 1. The van der Waals surface area contributed by atoms with Crippen molar-refractivity contribution in [3.63, 3.8) is 0 Å². The molecule has 0 saturated carbocycles. The Balaban J connectivity index is 1.70. The number of rotatable bonds is 3. The molecule has 1 amide bonds. The highest BCUT2D eigenvalue weighted by Crippen LogP contribution is 2.41. The van der Waals surface area contributed by atoms with Crippen molar-refractivity contribution in [1.29, 1.82) is 0 Å². The lowest BCUT2D eigenvalue weighted by Gasteiger charge is -2.53. The number of carbonyl (C=O) groups excluding carboxylic acids is 1. The Kier molecular flexibility index (Phi) is 5.24. The minimum absolute atomic E-state index is 0.0669. The topological polar surface area (TPSA) is 85.2 Å². The van der Waals surface area contributed by atoms with Gasteiger partial charge in [0.1, 0.15) is 5.60 Å². The number of piperidine rings is 1. The summed E-state index contributed by atoms with van der Waals surface area (Å²) in [6.45, 7) is 7.79. The van der Waals surface area contributed by atoms with E-state index in [0.717, 1.165) is 25.2 Å². The lowest BCUT2D eigenvalue weighted by atomic mass is 9.83. The van der Waals surface area contributed by atoms with E-state index in [9.17, 15) is 14.9 Å². The Bertz CT molecular complexity index is 764. The molecule has 9 heteroatoms. The molecule has 148 valence electrons. The van der Waals surface area contributed by atoms with E-state index in [0.29, 0.717) is 16.9 Å². The third-order valence-corrected chi connectivity index (χ3v) is 5.57. The lowest BCUT2D eigenvalue weighted by molar-refractivity contribution is -0.385. The van der Waals surface area contributed by atoms with Gasteiger partial charge >= 0.3 is 11.8 Å². The van der Waals surface area contributed by atoms with Gasteiger partial charge in [0.15, 0.2) is 5.75 Å².